The van der Waals surface area contributed by atoms with E-state index in [1.807, 2.05) is 24.3 Å². The van der Waals surface area contributed by atoms with Crippen LogP contribution in [0.15, 0.2) is 48.8 Å². The number of para-hydroxylation sites is 1. The van der Waals surface area contributed by atoms with Gasteiger partial charge in [0.25, 0.3) is 0 Å². The SMILES string of the molecule is COc1ccc(OCCCNc2ncnc3c(F)cccc23)cc1. The Morgan fingerprint density at radius 3 is 2.62 bits per heavy atom. The van der Waals surface area contributed by atoms with E-state index < -0.39 is 0 Å². The summed E-state index contributed by atoms with van der Waals surface area (Å²) in [5, 5.41) is 3.88. The molecule has 0 aliphatic heterocycles. The Morgan fingerprint density at radius 2 is 1.83 bits per heavy atom. The van der Waals surface area contributed by atoms with Crippen LogP contribution in [-0.2, 0) is 0 Å². The van der Waals surface area contributed by atoms with Gasteiger partial charge in [0.2, 0.25) is 0 Å². The fourth-order valence-electron chi connectivity index (χ4n) is 2.33. The molecule has 0 aliphatic rings. The topological polar surface area (TPSA) is 56.3 Å². The molecule has 0 bridgehead atoms. The van der Waals surface area contributed by atoms with E-state index in [0.717, 1.165) is 17.9 Å². The van der Waals surface area contributed by atoms with Crippen molar-refractivity contribution in [1.29, 1.82) is 0 Å². The average molecular weight is 327 g/mol. The number of nitrogens with one attached hydrogen (secondary N) is 1. The third-order valence-electron chi connectivity index (χ3n) is 3.56. The molecule has 1 aromatic heterocycles. The van der Waals surface area contributed by atoms with Crippen molar-refractivity contribution in [1.82, 2.24) is 9.97 Å². The van der Waals surface area contributed by atoms with Gasteiger partial charge in [0.15, 0.2) is 0 Å². The summed E-state index contributed by atoms with van der Waals surface area (Å²) < 4.78 is 24.5. The lowest BCUT2D eigenvalue weighted by Gasteiger charge is -2.10. The van der Waals surface area contributed by atoms with Crippen LogP contribution in [0.1, 0.15) is 6.42 Å². The van der Waals surface area contributed by atoms with Crippen molar-refractivity contribution in [3.8, 4) is 11.5 Å². The van der Waals surface area contributed by atoms with Crippen LogP contribution in [0.4, 0.5) is 10.2 Å². The van der Waals surface area contributed by atoms with E-state index in [-0.39, 0.29) is 5.82 Å². The number of methoxy groups -OCH3 is 1. The number of hydrogen-bond donors (Lipinski definition) is 1. The van der Waals surface area contributed by atoms with E-state index in [9.17, 15) is 4.39 Å². The Morgan fingerprint density at radius 1 is 1.04 bits per heavy atom. The summed E-state index contributed by atoms with van der Waals surface area (Å²) in [5.74, 6) is 1.88. The summed E-state index contributed by atoms with van der Waals surface area (Å²) >= 11 is 0. The zero-order valence-electron chi connectivity index (χ0n) is 13.3. The van der Waals surface area contributed by atoms with Crippen LogP contribution in [0.2, 0.25) is 0 Å². The minimum absolute atomic E-state index is 0.324. The van der Waals surface area contributed by atoms with Crippen LogP contribution in [0.3, 0.4) is 0 Å². The first-order valence-electron chi connectivity index (χ1n) is 7.68. The van der Waals surface area contributed by atoms with Gasteiger partial charge in [-0.2, -0.15) is 0 Å². The highest BCUT2D eigenvalue weighted by molar-refractivity contribution is 5.89. The highest BCUT2D eigenvalue weighted by Crippen LogP contribution is 2.21. The summed E-state index contributed by atoms with van der Waals surface area (Å²) in [6.45, 7) is 1.23. The number of fused-ring (bicyclic) bond motifs is 1. The summed E-state index contributed by atoms with van der Waals surface area (Å²) in [7, 11) is 1.63. The largest absolute Gasteiger partial charge is 0.497 e. The van der Waals surface area contributed by atoms with Crippen LogP contribution in [0, 0.1) is 5.82 Å². The zero-order valence-corrected chi connectivity index (χ0v) is 13.3. The number of halogens is 1. The van der Waals surface area contributed by atoms with E-state index in [4.69, 9.17) is 9.47 Å². The number of aromatic nitrogens is 2. The van der Waals surface area contributed by atoms with Crippen molar-refractivity contribution >= 4 is 16.7 Å². The lowest BCUT2D eigenvalue weighted by Crippen LogP contribution is -2.09. The molecular formula is C18H18FN3O2. The molecule has 5 nitrogen and oxygen atoms in total. The summed E-state index contributed by atoms with van der Waals surface area (Å²) in [6, 6.07) is 12.3. The van der Waals surface area contributed by atoms with Crippen LogP contribution in [0.5, 0.6) is 11.5 Å². The first-order valence-corrected chi connectivity index (χ1v) is 7.68. The molecule has 0 amide bonds. The summed E-state index contributed by atoms with van der Waals surface area (Å²) in [6.07, 6.45) is 2.15. The standard InChI is InChI=1S/C18H18FN3O2/c1-23-13-6-8-14(9-7-13)24-11-3-10-20-18-15-4-2-5-16(19)17(15)21-12-22-18/h2,4-9,12H,3,10-11H2,1H3,(H,20,21,22). The van der Waals surface area contributed by atoms with Gasteiger partial charge in [-0.15, -0.1) is 0 Å². The fourth-order valence-corrected chi connectivity index (χ4v) is 2.33. The summed E-state index contributed by atoms with van der Waals surface area (Å²) in [5.41, 5.74) is 0.324. The molecule has 0 aliphatic carbocycles. The average Bonchev–Trinajstić information content (AvgIpc) is 2.62. The van der Waals surface area contributed by atoms with Crippen molar-refractivity contribution in [2.75, 3.05) is 25.6 Å². The predicted molar refractivity (Wildman–Crippen MR) is 91.1 cm³/mol. The van der Waals surface area contributed by atoms with Gasteiger partial charge in [-0.3, -0.25) is 0 Å². The van der Waals surface area contributed by atoms with Gasteiger partial charge in [-0.25, -0.2) is 14.4 Å². The van der Waals surface area contributed by atoms with Gasteiger partial charge in [-0.05, 0) is 42.8 Å². The number of benzene rings is 2. The maximum Gasteiger partial charge on any atom is 0.149 e. The zero-order chi connectivity index (χ0) is 16.8. The molecule has 0 atom stereocenters. The van der Waals surface area contributed by atoms with Gasteiger partial charge >= 0.3 is 0 Å². The van der Waals surface area contributed by atoms with Crippen molar-refractivity contribution in [3.63, 3.8) is 0 Å². The molecule has 0 unspecified atom stereocenters. The minimum Gasteiger partial charge on any atom is -0.497 e. The number of nitrogens with zero attached hydrogens (tertiary/aromatic N) is 2. The van der Waals surface area contributed by atoms with Crippen molar-refractivity contribution in [2.45, 2.75) is 6.42 Å². The Hall–Kier alpha value is -2.89. The maximum absolute atomic E-state index is 13.7. The first-order chi connectivity index (χ1) is 11.8. The molecule has 3 rings (SSSR count). The van der Waals surface area contributed by atoms with Gasteiger partial charge in [0.1, 0.15) is 35.0 Å². The quantitative estimate of drug-likeness (QED) is 0.671. The number of hydrogen-bond acceptors (Lipinski definition) is 5. The van der Waals surface area contributed by atoms with Crippen LogP contribution in [-0.4, -0.2) is 30.2 Å². The molecular weight excluding hydrogens is 309 g/mol. The molecule has 0 fully saturated rings. The van der Waals surface area contributed by atoms with Crippen molar-refractivity contribution < 1.29 is 13.9 Å². The molecule has 24 heavy (non-hydrogen) atoms. The second kappa shape index (κ2) is 7.59. The van der Waals surface area contributed by atoms with Gasteiger partial charge in [-0.1, -0.05) is 6.07 Å². The fraction of sp³-hybridized carbons (Fsp3) is 0.222. The predicted octanol–water partition coefficient (Wildman–Crippen LogP) is 3.66. The molecule has 0 saturated carbocycles. The number of ether oxygens (including phenoxy) is 2. The van der Waals surface area contributed by atoms with E-state index >= 15 is 0 Å². The van der Waals surface area contributed by atoms with Crippen LogP contribution < -0.4 is 14.8 Å². The molecule has 1 N–H and O–H groups in total. The van der Waals surface area contributed by atoms with E-state index in [1.54, 1.807) is 19.2 Å². The minimum atomic E-state index is -0.346. The van der Waals surface area contributed by atoms with Crippen LogP contribution >= 0.6 is 0 Å². The molecule has 2 aromatic carbocycles. The Kier molecular flexibility index (Phi) is 5.05. The molecule has 0 saturated heterocycles. The maximum atomic E-state index is 13.7. The summed E-state index contributed by atoms with van der Waals surface area (Å²) in [4.78, 5) is 8.16. The molecule has 0 radical (unpaired) electrons. The van der Waals surface area contributed by atoms with Gasteiger partial charge in [0, 0.05) is 11.9 Å². The molecule has 1 heterocycles. The third kappa shape index (κ3) is 3.71. The highest BCUT2D eigenvalue weighted by Gasteiger charge is 2.06. The van der Waals surface area contributed by atoms with E-state index in [0.29, 0.717) is 29.9 Å². The molecule has 124 valence electrons. The van der Waals surface area contributed by atoms with E-state index in [1.165, 1.54) is 12.4 Å². The lowest BCUT2D eigenvalue weighted by atomic mass is 10.2. The van der Waals surface area contributed by atoms with Crippen molar-refractivity contribution in [3.05, 3.63) is 54.6 Å². The number of rotatable bonds is 7. The van der Waals surface area contributed by atoms with Crippen molar-refractivity contribution in [2.24, 2.45) is 0 Å². The Balaban J connectivity index is 1.51. The lowest BCUT2D eigenvalue weighted by molar-refractivity contribution is 0.314. The van der Waals surface area contributed by atoms with Gasteiger partial charge < -0.3 is 14.8 Å². The van der Waals surface area contributed by atoms with Gasteiger partial charge in [0.05, 0.1) is 13.7 Å². The molecule has 3 aromatic rings. The monoisotopic (exact) mass is 327 g/mol. The van der Waals surface area contributed by atoms with Crippen LogP contribution in [0.25, 0.3) is 10.9 Å². The molecule has 0 spiro atoms. The Bertz CT molecular complexity index is 809. The smallest absolute Gasteiger partial charge is 0.149 e. The molecule has 6 heteroatoms. The third-order valence-corrected chi connectivity index (χ3v) is 3.56. The first kappa shape index (κ1) is 16.0. The second-order valence-corrected chi connectivity index (χ2v) is 5.16. The highest BCUT2D eigenvalue weighted by atomic mass is 19.1. The second-order valence-electron chi connectivity index (χ2n) is 5.16. The Labute approximate surface area is 139 Å². The van der Waals surface area contributed by atoms with E-state index in [2.05, 4.69) is 15.3 Å². The number of anilines is 1. The normalized spacial score (nSPS) is 10.6.